The maximum atomic E-state index is 5.83. The lowest BCUT2D eigenvalue weighted by molar-refractivity contribution is 0.293. The number of ether oxygens (including phenoxy) is 2. The van der Waals surface area contributed by atoms with Crippen LogP contribution < -0.4 is 9.47 Å². The monoisotopic (exact) mass is 595 g/mol. The molecule has 0 saturated heterocycles. The van der Waals surface area contributed by atoms with E-state index in [2.05, 4.69) is 46.8 Å². The van der Waals surface area contributed by atoms with Crippen molar-refractivity contribution >= 4 is 55.1 Å². The second-order valence-corrected chi connectivity index (χ2v) is 8.59. The van der Waals surface area contributed by atoms with Crippen molar-refractivity contribution in [1.29, 1.82) is 0 Å². The molecule has 0 aliphatic rings. The minimum absolute atomic E-state index is 0.439. The van der Waals surface area contributed by atoms with E-state index in [9.17, 15) is 0 Å². The Hall–Kier alpha value is -2.19. The van der Waals surface area contributed by atoms with Crippen molar-refractivity contribution in [2.45, 2.75) is 13.2 Å². The van der Waals surface area contributed by atoms with E-state index >= 15 is 0 Å². The molecule has 9 heteroatoms. The molecule has 0 radical (unpaired) electrons. The quantitative estimate of drug-likeness (QED) is 0.215. The van der Waals surface area contributed by atoms with Gasteiger partial charge in [0.05, 0.1) is 10.0 Å². The number of hydrogen-bond acceptors (Lipinski definition) is 5. The highest BCUT2D eigenvalue weighted by atomic mass is 79.9. The molecule has 0 aliphatic heterocycles. The molecule has 0 atom stereocenters. The third-order valence-electron chi connectivity index (χ3n) is 3.89. The molecule has 0 saturated carbocycles. The van der Waals surface area contributed by atoms with Crippen LogP contribution in [-0.4, -0.2) is 15.0 Å². The molecular formula is C23H17Br2Cl2N3O2. The van der Waals surface area contributed by atoms with Crippen molar-refractivity contribution in [1.82, 2.24) is 15.0 Å². The van der Waals surface area contributed by atoms with Crippen molar-refractivity contribution < 1.29 is 9.47 Å². The molecule has 0 aliphatic carbocycles. The van der Waals surface area contributed by atoms with E-state index in [1.807, 2.05) is 42.5 Å². The van der Waals surface area contributed by atoms with Crippen molar-refractivity contribution in [3.05, 3.63) is 110 Å². The number of benzene rings is 1. The summed E-state index contributed by atoms with van der Waals surface area (Å²) in [6, 6.07) is 20.7. The Balaban J connectivity index is 0.000000181. The Kier molecular flexibility index (Phi) is 9.74. The fourth-order valence-electron chi connectivity index (χ4n) is 2.33. The van der Waals surface area contributed by atoms with Gasteiger partial charge < -0.3 is 9.47 Å². The predicted molar refractivity (Wildman–Crippen MR) is 133 cm³/mol. The minimum atomic E-state index is 0.439. The zero-order valence-corrected chi connectivity index (χ0v) is 21.3. The van der Waals surface area contributed by atoms with Gasteiger partial charge in [0.25, 0.3) is 0 Å². The van der Waals surface area contributed by atoms with E-state index in [4.69, 9.17) is 32.7 Å². The largest absolute Gasteiger partial charge is 0.473 e. The molecule has 0 spiro atoms. The maximum Gasteiger partial charge on any atom is 0.214 e. The molecule has 0 N–H and O–H groups in total. The third kappa shape index (κ3) is 8.06. The van der Waals surface area contributed by atoms with Crippen LogP contribution in [0.4, 0.5) is 0 Å². The molecule has 0 bridgehead atoms. The first-order valence-corrected chi connectivity index (χ1v) is 11.7. The first-order chi connectivity index (χ1) is 15.5. The summed E-state index contributed by atoms with van der Waals surface area (Å²) in [6.07, 6.45) is 3.48. The Morgan fingerprint density at radius 1 is 0.656 bits per heavy atom. The van der Waals surface area contributed by atoms with Crippen LogP contribution in [0.5, 0.6) is 11.8 Å². The lowest BCUT2D eigenvalue weighted by Gasteiger charge is -2.05. The topological polar surface area (TPSA) is 57.1 Å². The minimum Gasteiger partial charge on any atom is -0.473 e. The first-order valence-electron chi connectivity index (χ1n) is 9.34. The molecule has 3 heterocycles. The number of aromatic nitrogens is 3. The van der Waals surface area contributed by atoms with Crippen LogP contribution in [-0.2, 0) is 13.2 Å². The third-order valence-corrected chi connectivity index (χ3v) is 6.17. The Labute approximate surface area is 213 Å². The zero-order chi connectivity index (χ0) is 22.8. The summed E-state index contributed by atoms with van der Waals surface area (Å²) in [5.41, 5.74) is 2.10. The highest BCUT2D eigenvalue weighted by molar-refractivity contribution is 9.10. The zero-order valence-electron chi connectivity index (χ0n) is 16.6. The highest BCUT2D eigenvalue weighted by Gasteiger charge is 2.03. The molecule has 0 amide bonds. The summed E-state index contributed by atoms with van der Waals surface area (Å²) < 4.78 is 12.2. The van der Waals surface area contributed by atoms with Crippen LogP contribution in [0.1, 0.15) is 11.1 Å². The SMILES string of the molecule is Clc1ccc(OCc2ccccc2)nc1Br.Clc1ccc(OCc2cccnc2)nc1Br. The normalized spacial score (nSPS) is 10.1. The van der Waals surface area contributed by atoms with Crippen molar-refractivity contribution in [2.75, 3.05) is 0 Å². The number of hydrogen-bond donors (Lipinski definition) is 0. The van der Waals surface area contributed by atoms with E-state index in [0.29, 0.717) is 44.2 Å². The van der Waals surface area contributed by atoms with Crippen LogP contribution in [0.15, 0.2) is 88.3 Å². The lowest BCUT2D eigenvalue weighted by atomic mass is 10.2. The van der Waals surface area contributed by atoms with E-state index in [0.717, 1.165) is 11.1 Å². The van der Waals surface area contributed by atoms with Gasteiger partial charge in [-0.05, 0) is 55.6 Å². The maximum absolute atomic E-state index is 5.83. The van der Waals surface area contributed by atoms with Crippen LogP contribution in [0.3, 0.4) is 0 Å². The predicted octanol–water partition coefficient (Wildman–Crippen LogP) is 7.55. The number of halogens is 4. The van der Waals surface area contributed by atoms with Gasteiger partial charge in [-0.1, -0.05) is 59.6 Å². The summed E-state index contributed by atoms with van der Waals surface area (Å²) in [5.74, 6) is 1.08. The van der Waals surface area contributed by atoms with Crippen molar-refractivity contribution in [3.63, 3.8) is 0 Å². The molecule has 32 heavy (non-hydrogen) atoms. The molecule has 5 nitrogen and oxygen atoms in total. The Morgan fingerprint density at radius 3 is 1.69 bits per heavy atom. The smallest absolute Gasteiger partial charge is 0.214 e. The molecule has 164 valence electrons. The van der Waals surface area contributed by atoms with Gasteiger partial charge in [0.2, 0.25) is 11.8 Å². The van der Waals surface area contributed by atoms with Gasteiger partial charge in [-0.15, -0.1) is 0 Å². The standard InChI is InChI=1S/C12H9BrClNO.C11H8BrClN2O/c13-12-10(14)6-7-11(15-12)16-8-9-4-2-1-3-5-9;12-11-9(13)3-4-10(15-11)16-7-8-2-1-5-14-6-8/h1-7H,8H2;1-6H,7H2. The summed E-state index contributed by atoms with van der Waals surface area (Å²) >= 11 is 18.1. The van der Waals surface area contributed by atoms with Gasteiger partial charge in [0, 0.05) is 30.1 Å². The molecular weight excluding hydrogens is 581 g/mol. The van der Waals surface area contributed by atoms with Gasteiger partial charge in [0.15, 0.2) is 0 Å². The molecule has 4 aromatic rings. The van der Waals surface area contributed by atoms with E-state index in [1.54, 1.807) is 36.7 Å². The van der Waals surface area contributed by atoms with Crippen LogP contribution in [0.2, 0.25) is 10.0 Å². The molecule has 3 aromatic heterocycles. The Morgan fingerprint density at radius 2 is 1.19 bits per heavy atom. The van der Waals surface area contributed by atoms with Gasteiger partial charge in [-0.3, -0.25) is 4.98 Å². The van der Waals surface area contributed by atoms with Crippen LogP contribution in [0.25, 0.3) is 0 Å². The summed E-state index contributed by atoms with van der Waals surface area (Å²) in [4.78, 5) is 12.3. The van der Waals surface area contributed by atoms with E-state index in [1.165, 1.54) is 0 Å². The highest BCUT2D eigenvalue weighted by Crippen LogP contribution is 2.24. The van der Waals surface area contributed by atoms with Gasteiger partial charge in [-0.2, -0.15) is 0 Å². The van der Waals surface area contributed by atoms with Gasteiger partial charge in [-0.25, -0.2) is 9.97 Å². The molecule has 1 aromatic carbocycles. The van der Waals surface area contributed by atoms with Crippen LogP contribution in [0, 0.1) is 0 Å². The number of pyridine rings is 3. The summed E-state index contributed by atoms with van der Waals surface area (Å²) in [7, 11) is 0. The van der Waals surface area contributed by atoms with Gasteiger partial charge in [0.1, 0.15) is 22.4 Å². The summed E-state index contributed by atoms with van der Waals surface area (Å²) in [5, 5.41) is 1.14. The second-order valence-electron chi connectivity index (χ2n) is 6.27. The Bertz CT molecular complexity index is 1050. The van der Waals surface area contributed by atoms with E-state index < -0.39 is 0 Å². The average Bonchev–Trinajstić information content (AvgIpc) is 2.82. The number of rotatable bonds is 6. The number of nitrogens with zero attached hydrogens (tertiary/aromatic N) is 3. The first kappa shape index (κ1) is 24.5. The molecule has 0 unspecified atom stereocenters. The van der Waals surface area contributed by atoms with E-state index in [-0.39, 0.29) is 0 Å². The average molecular weight is 598 g/mol. The van der Waals surface area contributed by atoms with Gasteiger partial charge >= 0.3 is 0 Å². The molecule has 0 fully saturated rings. The second kappa shape index (κ2) is 12.7. The fraction of sp³-hybridized carbons (Fsp3) is 0.0870. The van der Waals surface area contributed by atoms with Crippen LogP contribution >= 0.6 is 55.1 Å². The fourth-order valence-corrected chi connectivity index (χ4v) is 3.16. The lowest BCUT2D eigenvalue weighted by Crippen LogP contribution is -1.97. The summed E-state index contributed by atoms with van der Waals surface area (Å²) in [6.45, 7) is 0.941. The van der Waals surface area contributed by atoms with Crippen molar-refractivity contribution in [3.8, 4) is 11.8 Å². The van der Waals surface area contributed by atoms with Crippen molar-refractivity contribution in [2.24, 2.45) is 0 Å². The molecule has 4 rings (SSSR count).